The third kappa shape index (κ3) is 5.52. The largest absolute Gasteiger partial charge is 0.350 e. The molecule has 1 aliphatic carbocycles. The molecule has 2 aromatic heterocycles. The van der Waals surface area contributed by atoms with Gasteiger partial charge in [0.2, 0.25) is 17.0 Å². The van der Waals surface area contributed by atoms with Crippen LogP contribution in [0.3, 0.4) is 0 Å². The number of rotatable bonds is 9. The van der Waals surface area contributed by atoms with Crippen LogP contribution in [0, 0.1) is 0 Å². The smallest absolute Gasteiger partial charge is 0.239 e. The Morgan fingerprint density at radius 1 is 1.41 bits per heavy atom. The van der Waals surface area contributed by atoms with Gasteiger partial charge in [0.25, 0.3) is 0 Å². The zero-order valence-corrected chi connectivity index (χ0v) is 17.0. The average molecular weight is 409 g/mol. The number of amides is 2. The van der Waals surface area contributed by atoms with Crippen LogP contribution in [0.1, 0.15) is 43.5 Å². The molecule has 146 valence electrons. The van der Waals surface area contributed by atoms with Gasteiger partial charge in [-0.05, 0) is 41.6 Å². The van der Waals surface area contributed by atoms with Gasteiger partial charge in [-0.3, -0.25) is 9.59 Å². The number of likely N-dealkylation sites (N-methyl/N-ethyl adjacent to an activating group) is 1. The molecule has 2 aromatic rings. The second kappa shape index (κ2) is 9.84. The highest BCUT2D eigenvalue weighted by atomic mass is 32.2. The molecule has 1 aliphatic rings. The van der Waals surface area contributed by atoms with Gasteiger partial charge in [0.05, 0.1) is 24.9 Å². The summed E-state index contributed by atoms with van der Waals surface area (Å²) in [5, 5.41) is 17.4. The summed E-state index contributed by atoms with van der Waals surface area (Å²) in [5.41, 5.74) is 0. The third-order valence-electron chi connectivity index (χ3n) is 4.57. The van der Waals surface area contributed by atoms with Gasteiger partial charge in [-0.2, -0.15) is 0 Å². The number of tetrazole rings is 1. The first-order valence-corrected chi connectivity index (χ1v) is 11.0. The first kappa shape index (κ1) is 19.8. The summed E-state index contributed by atoms with van der Waals surface area (Å²) >= 11 is 2.93. The summed E-state index contributed by atoms with van der Waals surface area (Å²) in [6, 6.07) is 4.26. The fourth-order valence-electron chi connectivity index (χ4n) is 3.08. The Morgan fingerprint density at radius 2 is 2.22 bits per heavy atom. The number of aromatic nitrogens is 4. The lowest BCUT2D eigenvalue weighted by molar-refractivity contribution is -0.133. The van der Waals surface area contributed by atoms with Crippen molar-refractivity contribution in [1.82, 2.24) is 30.4 Å². The molecule has 2 amide bonds. The second-order valence-corrected chi connectivity index (χ2v) is 8.37. The van der Waals surface area contributed by atoms with Crippen LogP contribution >= 0.6 is 23.1 Å². The number of carbonyl (C=O) groups is 2. The molecule has 0 atom stereocenters. The van der Waals surface area contributed by atoms with Crippen LogP contribution in [-0.4, -0.2) is 55.8 Å². The molecule has 0 spiro atoms. The lowest BCUT2D eigenvalue weighted by atomic mass is 10.3. The summed E-state index contributed by atoms with van der Waals surface area (Å²) in [7, 11) is 0. The minimum absolute atomic E-state index is 0.0643. The Bertz CT molecular complexity index is 742. The van der Waals surface area contributed by atoms with Crippen LogP contribution in [0.5, 0.6) is 0 Å². The van der Waals surface area contributed by atoms with Gasteiger partial charge in [-0.15, -0.1) is 16.4 Å². The molecule has 0 unspecified atom stereocenters. The fourth-order valence-corrected chi connectivity index (χ4v) is 4.57. The summed E-state index contributed by atoms with van der Waals surface area (Å²) in [6.45, 7) is 2.92. The maximum Gasteiger partial charge on any atom is 0.239 e. The van der Waals surface area contributed by atoms with Gasteiger partial charge >= 0.3 is 0 Å². The van der Waals surface area contributed by atoms with E-state index >= 15 is 0 Å². The number of carbonyl (C=O) groups excluding carboxylic acids is 2. The number of thiophene rings is 1. The lowest BCUT2D eigenvalue weighted by Crippen LogP contribution is -2.41. The zero-order chi connectivity index (χ0) is 19.1. The van der Waals surface area contributed by atoms with Crippen molar-refractivity contribution < 1.29 is 9.59 Å². The first-order valence-electron chi connectivity index (χ1n) is 9.15. The molecule has 1 N–H and O–H groups in total. The molecule has 0 aromatic carbocycles. The van der Waals surface area contributed by atoms with Gasteiger partial charge in [-0.25, -0.2) is 4.68 Å². The highest BCUT2D eigenvalue weighted by molar-refractivity contribution is 7.99. The molecule has 0 aliphatic heterocycles. The molecular formula is C17H24N6O2S2. The van der Waals surface area contributed by atoms with Crippen LogP contribution in [0.4, 0.5) is 0 Å². The van der Waals surface area contributed by atoms with E-state index in [1.54, 1.807) is 16.2 Å². The van der Waals surface area contributed by atoms with E-state index in [0.29, 0.717) is 24.3 Å². The number of nitrogens with one attached hydrogen (secondary N) is 1. The second-order valence-electron chi connectivity index (χ2n) is 6.40. The monoisotopic (exact) mass is 408 g/mol. The van der Waals surface area contributed by atoms with Crippen LogP contribution in [0.15, 0.2) is 22.7 Å². The minimum atomic E-state index is -0.153. The van der Waals surface area contributed by atoms with Crippen molar-refractivity contribution >= 4 is 34.9 Å². The van der Waals surface area contributed by atoms with Crippen molar-refractivity contribution in [2.75, 3.05) is 18.8 Å². The molecule has 0 saturated heterocycles. The normalized spacial score (nSPS) is 14.4. The Balaban J connectivity index is 1.47. The molecule has 27 heavy (non-hydrogen) atoms. The Labute approximate surface area is 166 Å². The van der Waals surface area contributed by atoms with E-state index in [1.165, 1.54) is 24.6 Å². The van der Waals surface area contributed by atoms with E-state index in [9.17, 15) is 9.59 Å². The molecule has 1 fully saturated rings. The highest BCUT2D eigenvalue weighted by Crippen LogP contribution is 2.31. The van der Waals surface area contributed by atoms with Crippen molar-refractivity contribution in [2.24, 2.45) is 0 Å². The van der Waals surface area contributed by atoms with Crippen molar-refractivity contribution in [1.29, 1.82) is 0 Å². The van der Waals surface area contributed by atoms with E-state index in [1.807, 2.05) is 29.1 Å². The zero-order valence-electron chi connectivity index (χ0n) is 15.3. The molecule has 8 nitrogen and oxygen atoms in total. The van der Waals surface area contributed by atoms with Crippen LogP contribution in [-0.2, 0) is 16.1 Å². The minimum Gasteiger partial charge on any atom is -0.350 e. The molecule has 0 radical (unpaired) electrons. The maximum atomic E-state index is 12.5. The summed E-state index contributed by atoms with van der Waals surface area (Å²) in [5.74, 6) is -0.0202. The average Bonchev–Trinajstić information content (AvgIpc) is 3.43. The van der Waals surface area contributed by atoms with E-state index in [2.05, 4.69) is 20.8 Å². The predicted octanol–water partition coefficient (Wildman–Crippen LogP) is 2.11. The van der Waals surface area contributed by atoms with E-state index in [-0.39, 0.29) is 24.1 Å². The number of hydrogen-bond donors (Lipinski definition) is 1. The van der Waals surface area contributed by atoms with E-state index in [4.69, 9.17) is 0 Å². The lowest BCUT2D eigenvalue weighted by Gasteiger charge is -2.20. The quantitative estimate of drug-likeness (QED) is 0.639. The van der Waals surface area contributed by atoms with Crippen LogP contribution in [0.2, 0.25) is 0 Å². The Kier molecular flexibility index (Phi) is 7.22. The van der Waals surface area contributed by atoms with Crippen molar-refractivity contribution in [3.63, 3.8) is 0 Å². The fraction of sp³-hybridized carbons (Fsp3) is 0.588. The van der Waals surface area contributed by atoms with Gasteiger partial charge in [0.15, 0.2) is 0 Å². The van der Waals surface area contributed by atoms with Crippen LogP contribution in [0.25, 0.3) is 0 Å². The van der Waals surface area contributed by atoms with E-state index < -0.39 is 0 Å². The van der Waals surface area contributed by atoms with Gasteiger partial charge < -0.3 is 10.2 Å². The van der Waals surface area contributed by atoms with E-state index in [0.717, 1.165) is 17.7 Å². The molecule has 2 heterocycles. The standard InChI is InChI=1S/C17H24N6O2S2/c1-2-22(11-15(24)18-10-14-8-5-9-26-14)16(25)12-27-17-19-20-21-23(17)13-6-3-4-7-13/h5,8-9,13H,2-4,6-7,10-12H2,1H3,(H,18,24). The summed E-state index contributed by atoms with van der Waals surface area (Å²) < 4.78 is 1.84. The van der Waals surface area contributed by atoms with Crippen molar-refractivity contribution in [2.45, 2.75) is 50.4 Å². The topological polar surface area (TPSA) is 93.0 Å². The molecule has 3 rings (SSSR count). The van der Waals surface area contributed by atoms with Crippen LogP contribution < -0.4 is 5.32 Å². The number of hydrogen-bond acceptors (Lipinski definition) is 7. The van der Waals surface area contributed by atoms with Gasteiger partial charge in [0, 0.05) is 11.4 Å². The van der Waals surface area contributed by atoms with Crippen molar-refractivity contribution in [3.05, 3.63) is 22.4 Å². The maximum absolute atomic E-state index is 12.5. The molecule has 0 bridgehead atoms. The summed E-state index contributed by atoms with van der Waals surface area (Å²) in [4.78, 5) is 27.3. The van der Waals surface area contributed by atoms with Gasteiger partial charge in [0.1, 0.15) is 0 Å². The number of nitrogens with zero attached hydrogens (tertiary/aromatic N) is 5. The highest BCUT2D eigenvalue weighted by Gasteiger charge is 2.23. The Hall–Kier alpha value is -1.94. The Morgan fingerprint density at radius 3 is 2.93 bits per heavy atom. The molecule has 1 saturated carbocycles. The summed E-state index contributed by atoms with van der Waals surface area (Å²) in [6.07, 6.45) is 4.55. The predicted molar refractivity (Wildman–Crippen MR) is 104 cm³/mol. The van der Waals surface area contributed by atoms with Crippen molar-refractivity contribution in [3.8, 4) is 0 Å². The SMILES string of the molecule is CCN(CC(=O)NCc1cccs1)C(=O)CSc1nnnn1C1CCCC1. The molecular weight excluding hydrogens is 384 g/mol. The van der Waals surface area contributed by atoms with Gasteiger partial charge in [-0.1, -0.05) is 30.7 Å². The molecule has 10 heteroatoms. The third-order valence-corrected chi connectivity index (χ3v) is 6.36. The first-order chi connectivity index (χ1) is 13.2. The number of thioether (sulfide) groups is 1.